The molecular formula is C16H24N2O3. The Balaban J connectivity index is 2.62. The van der Waals surface area contributed by atoms with Gasteiger partial charge in [0.1, 0.15) is 5.75 Å². The number of amides is 2. The predicted octanol–water partition coefficient (Wildman–Crippen LogP) is 2.25. The number of primary amides is 1. The molecule has 0 saturated heterocycles. The minimum atomic E-state index is -0.571. The second kappa shape index (κ2) is 9.00. The highest BCUT2D eigenvalue weighted by molar-refractivity contribution is 5.97. The Morgan fingerprint density at radius 2 is 2.00 bits per heavy atom. The first-order valence-corrected chi connectivity index (χ1v) is 7.35. The third-order valence-electron chi connectivity index (χ3n) is 3.12. The van der Waals surface area contributed by atoms with E-state index in [-0.39, 0.29) is 18.6 Å². The second-order valence-electron chi connectivity index (χ2n) is 5.12. The lowest BCUT2D eigenvalue weighted by molar-refractivity contribution is -0.119. The van der Waals surface area contributed by atoms with E-state index in [1.54, 1.807) is 24.3 Å². The van der Waals surface area contributed by atoms with Gasteiger partial charge in [-0.15, -0.1) is 0 Å². The number of hydrogen-bond acceptors (Lipinski definition) is 3. The maximum Gasteiger partial charge on any atom is 0.255 e. The Hall–Kier alpha value is -2.04. The normalized spacial score (nSPS) is 11.7. The fourth-order valence-corrected chi connectivity index (χ4v) is 2.00. The molecule has 0 saturated carbocycles. The molecule has 1 aromatic rings. The minimum absolute atomic E-state index is 0.105. The molecule has 0 heterocycles. The summed E-state index contributed by atoms with van der Waals surface area (Å²) >= 11 is 0. The fourth-order valence-electron chi connectivity index (χ4n) is 2.00. The maximum absolute atomic E-state index is 12.2. The molecule has 0 bridgehead atoms. The summed E-state index contributed by atoms with van der Waals surface area (Å²) in [6.45, 7) is 3.90. The molecule has 0 spiro atoms. The molecule has 0 aliphatic rings. The highest BCUT2D eigenvalue weighted by atomic mass is 16.5. The van der Waals surface area contributed by atoms with Crippen molar-refractivity contribution in [3.05, 3.63) is 29.8 Å². The predicted molar refractivity (Wildman–Crippen MR) is 82.2 cm³/mol. The van der Waals surface area contributed by atoms with Crippen LogP contribution in [0.2, 0.25) is 0 Å². The highest BCUT2D eigenvalue weighted by Gasteiger charge is 2.14. The van der Waals surface area contributed by atoms with Gasteiger partial charge in [0, 0.05) is 6.04 Å². The van der Waals surface area contributed by atoms with Crippen molar-refractivity contribution in [3.63, 3.8) is 0 Å². The van der Waals surface area contributed by atoms with E-state index in [9.17, 15) is 9.59 Å². The monoisotopic (exact) mass is 292 g/mol. The fraction of sp³-hybridized carbons (Fsp3) is 0.500. The number of rotatable bonds is 9. The van der Waals surface area contributed by atoms with Crippen LogP contribution in [0.25, 0.3) is 0 Å². The molecule has 1 unspecified atom stereocenters. The first kappa shape index (κ1) is 17.0. The SMILES string of the molecule is CCCCCC(C)NC(=O)c1ccccc1OCC(N)=O. The van der Waals surface area contributed by atoms with Crippen LogP contribution >= 0.6 is 0 Å². The summed E-state index contributed by atoms with van der Waals surface area (Å²) in [7, 11) is 0. The summed E-state index contributed by atoms with van der Waals surface area (Å²) in [6, 6.07) is 6.93. The highest BCUT2D eigenvalue weighted by Crippen LogP contribution is 2.18. The number of carbonyl (C=O) groups excluding carboxylic acids is 2. The molecule has 0 aliphatic carbocycles. The topological polar surface area (TPSA) is 81.4 Å². The Kier molecular flexibility index (Phi) is 7.29. The van der Waals surface area contributed by atoms with Gasteiger partial charge in [0.05, 0.1) is 5.56 Å². The summed E-state index contributed by atoms with van der Waals surface area (Å²) in [5, 5.41) is 2.95. The third-order valence-corrected chi connectivity index (χ3v) is 3.12. The van der Waals surface area contributed by atoms with Crippen molar-refractivity contribution in [2.75, 3.05) is 6.61 Å². The molecular weight excluding hydrogens is 268 g/mol. The first-order valence-electron chi connectivity index (χ1n) is 7.35. The summed E-state index contributed by atoms with van der Waals surface area (Å²) < 4.78 is 5.26. The molecule has 1 aromatic carbocycles. The number of nitrogens with two attached hydrogens (primary N) is 1. The molecule has 116 valence electrons. The van der Waals surface area contributed by atoms with Gasteiger partial charge < -0.3 is 15.8 Å². The number of benzene rings is 1. The first-order chi connectivity index (χ1) is 10.0. The molecule has 3 N–H and O–H groups in total. The minimum Gasteiger partial charge on any atom is -0.483 e. The number of hydrogen-bond donors (Lipinski definition) is 2. The summed E-state index contributed by atoms with van der Waals surface area (Å²) in [4.78, 5) is 23.0. The van der Waals surface area contributed by atoms with Crippen LogP contribution < -0.4 is 15.8 Å². The quantitative estimate of drug-likeness (QED) is 0.685. The van der Waals surface area contributed by atoms with Gasteiger partial charge in [-0.25, -0.2) is 0 Å². The lowest BCUT2D eigenvalue weighted by Gasteiger charge is -2.15. The molecule has 1 atom stereocenters. The van der Waals surface area contributed by atoms with Gasteiger partial charge in [-0.1, -0.05) is 38.3 Å². The van der Waals surface area contributed by atoms with Crippen LogP contribution in [0.3, 0.4) is 0 Å². The molecule has 0 aromatic heterocycles. The van der Waals surface area contributed by atoms with Gasteiger partial charge in [0.2, 0.25) is 0 Å². The largest absolute Gasteiger partial charge is 0.483 e. The van der Waals surface area contributed by atoms with E-state index in [0.717, 1.165) is 19.3 Å². The summed E-state index contributed by atoms with van der Waals surface area (Å²) in [6.07, 6.45) is 4.37. The van der Waals surface area contributed by atoms with E-state index in [2.05, 4.69) is 12.2 Å². The van der Waals surface area contributed by atoms with Crippen molar-refractivity contribution in [3.8, 4) is 5.75 Å². The van der Waals surface area contributed by atoms with Crippen molar-refractivity contribution < 1.29 is 14.3 Å². The Morgan fingerprint density at radius 3 is 2.67 bits per heavy atom. The van der Waals surface area contributed by atoms with E-state index in [4.69, 9.17) is 10.5 Å². The summed E-state index contributed by atoms with van der Waals surface area (Å²) in [5.74, 6) is -0.397. The zero-order chi connectivity index (χ0) is 15.7. The van der Waals surface area contributed by atoms with Crippen LogP contribution in [-0.4, -0.2) is 24.5 Å². The smallest absolute Gasteiger partial charge is 0.255 e. The van der Waals surface area contributed by atoms with Crippen LogP contribution in [-0.2, 0) is 4.79 Å². The van der Waals surface area contributed by atoms with Crippen LogP contribution in [0.4, 0.5) is 0 Å². The lowest BCUT2D eigenvalue weighted by atomic mass is 10.1. The zero-order valence-electron chi connectivity index (χ0n) is 12.7. The third kappa shape index (κ3) is 6.29. The van der Waals surface area contributed by atoms with Crippen LogP contribution in [0.1, 0.15) is 49.9 Å². The number of para-hydroxylation sites is 1. The molecule has 5 heteroatoms. The van der Waals surface area contributed by atoms with E-state index in [1.807, 2.05) is 6.92 Å². The van der Waals surface area contributed by atoms with E-state index >= 15 is 0 Å². The van der Waals surface area contributed by atoms with Crippen molar-refractivity contribution >= 4 is 11.8 Å². The van der Waals surface area contributed by atoms with Crippen LogP contribution in [0.15, 0.2) is 24.3 Å². The second-order valence-corrected chi connectivity index (χ2v) is 5.12. The van der Waals surface area contributed by atoms with Crippen LogP contribution in [0.5, 0.6) is 5.75 Å². The lowest BCUT2D eigenvalue weighted by Crippen LogP contribution is -2.33. The number of carbonyl (C=O) groups is 2. The van der Waals surface area contributed by atoms with Crippen molar-refractivity contribution in [2.24, 2.45) is 5.73 Å². The van der Waals surface area contributed by atoms with E-state index in [0.29, 0.717) is 11.3 Å². The number of unbranched alkanes of at least 4 members (excludes halogenated alkanes) is 2. The average molecular weight is 292 g/mol. The standard InChI is InChI=1S/C16H24N2O3/c1-3-4-5-8-12(2)18-16(20)13-9-6-7-10-14(13)21-11-15(17)19/h6-7,9-10,12H,3-5,8,11H2,1-2H3,(H2,17,19)(H,18,20). The maximum atomic E-state index is 12.2. The number of nitrogens with one attached hydrogen (secondary N) is 1. The van der Waals surface area contributed by atoms with Crippen molar-refractivity contribution in [1.29, 1.82) is 0 Å². The Morgan fingerprint density at radius 1 is 1.29 bits per heavy atom. The van der Waals surface area contributed by atoms with E-state index < -0.39 is 5.91 Å². The molecule has 1 rings (SSSR count). The van der Waals surface area contributed by atoms with Gasteiger partial charge in [-0.2, -0.15) is 0 Å². The van der Waals surface area contributed by atoms with Gasteiger partial charge >= 0.3 is 0 Å². The average Bonchev–Trinajstić information content (AvgIpc) is 2.45. The molecule has 0 radical (unpaired) electrons. The van der Waals surface area contributed by atoms with E-state index in [1.165, 1.54) is 6.42 Å². The van der Waals surface area contributed by atoms with Gasteiger partial charge in [0.15, 0.2) is 6.61 Å². The molecule has 2 amide bonds. The van der Waals surface area contributed by atoms with Crippen LogP contribution in [0, 0.1) is 0 Å². The van der Waals surface area contributed by atoms with Gasteiger partial charge in [-0.3, -0.25) is 9.59 Å². The summed E-state index contributed by atoms with van der Waals surface area (Å²) in [5.41, 5.74) is 5.47. The zero-order valence-corrected chi connectivity index (χ0v) is 12.7. The molecule has 5 nitrogen and oxygen atoms in total. The number of ether oxygens (including phenoxy) is 1. The van der Waals surface area contributed by atoms with Gasteiger partial charge in [-0.05, 0) is 25.5 Å². The molecule has 21 heavy (non-hydrogen) atoms. The van der Waals surface area contributed by atoms with Gasteiger partial charge in [0.25, 0.3) is 11.8 Å². The Bertz CT molecular complexity index is 474. The van der Waals surface area contributed by atoms with Crippen molar-refractivity contribution in [2.45, 2.75) is 45.6 Å². The Labute approximate surface area is 125 Å². The van der Waals surface area contributed by atoms with Crippen molar-refractivity contribution in [1.82, 2.24) is 5.32 Å². The molecule has 0 aliphatic heterocycles. The molecule has 0 fully saturated rings.